The second-order valence-corrected chi connectivity index (χ2v) is 4.75. The van der Waals surface area contributed by atoms with E-state index in [1.165, 1.54) is 12.1 Å². The Morgan fingerprint density at radius 1 is 1.42 bits per heavy atom. The molecule has 0 aliphatic rings. The Morgan fingerprint density at radius 2 is 2.11 bits per heavy atom. The zero-order chi connectivity index (χ0) is 14.4. The molecule has 1 aromatic carbocycles. The van der Waals surface area contributed by atoms with Gasteiger partial charge in [0.05, 0.1) is 18.1 Å². The summed E-state index contributed by atoms with van der Waals surface area (Å²) in [6.45, 7) is 4.79. The minimum absolute atomic E-state index is 0.0958. The number of phenolic OH excluding ortho intramolecular Hbond substituents is 2. The molecule has 0 fully saturated rings. The van der Waals surface area contributed by atoms with Crippen LogP contribution in [0.4, 0.5) is 0 Å². The molecule has 5 nitrogen and oxygen atoms in total. The fraction of sp³-hybridized carbons (Fsp3) is 0.429. The largest absolute Gasteiger partial charge is 0.508 e. The molecule has 0 aliphatic carbocycles. The van der Waals surface area contributed by atoms with Crippen molar-refractivity contribution in [3.05, 3.63) is 23.8 Å². The van der Waals surface area contributed by atoms with Crippen molar-refractivity contribution in [3.8, 4) is 17.6 Å². The topological polar surface area (TPSA) is 84.6 Å². The Hall–Kier alpha value is -2.22. The molecule has 19 heavy (non-hydrogen) atoms. The lowest BCUT2D eigenvalue weighted by Crippen LogP contribution is -2.35. The molecule has 0 radical (unpaired) electrons. The Kier molecular flexibility index (Phi) is 5.19. The van der Waals surface area contributed by atoms with Crippen LogP contribution in [0.15, 0.2) is 18.2 Å². The molecular formula is C14H18N2O3. The van der Waals surface area contributed by atoms with Crippen LogP contribution in [-0.4, -0.2) is 34.1 Å². The lowest BCUT2D eigenvalue weighted by Gasteiger charge is -2.24. The highest BCUT2D eigenvalue weighted by Gasteiger charge is 2.19. The van der Waals surface area contributed by atoms with E-state index in [0.717, 1.165) is 6.07 Å². The molecule has 5 heteroatoms. The van der Waals surface area contributed by atoms with Gasteiger partial charge >= 0.3 is 0 Å². The van der Waals surface area contributed by atoms with Crippen molar-refractivity contribution in [1.82, 2.24) is 4.90 Å². The number of phenols is 2. The zero-order valence-electron chi connectivity index (χ0n) is 11.1. The maximum Gasteiger partial charge on any atom is 0.257 e. The molecule has 0 unspecified atom stereocenters. The monoisotopic (exact) mass is 262 g/mol. The predicted octanol–water partition coefficient (Wildman–Crippen LogP) is 2.11. The molecule has 0 atom stereocenters. The van der Waals surface area contributed by atoms with E-state index in [-0.39, 0.29) is 35.3 Å². The summed E-state index contributed by atoms with van der Waals surface area (Å²) in [4.78, 5) is 13.8. The van der Waals surface area contributed by atoms with Crippen molar-refractivity contribution in [2.24, 2.45) is 5.92 Å². The van der Waals surface area contributed by atoms with E-state index in [1.807, 2.05) is 19.9 Å². The van der Waals surface area contributed by atoms with Crippen LogP contribution in [0.3, 0.4) is 0 Å². The third kappa shape index (κ3) is 4.18. The van der Waals surface area contributed by atoms with E-state index in [4.69, 9.17) is 5.26 Å². The van der Waals surface area contributed by atoms with Crippen LogP contribution in [0.25, 0.3) is 0 Å². The van der Waals surface area contributed by atoms with Crippen LogP contribution in [0.1, 0.15) is 30.6 Å². The van der Waals surface area contributed by atoms with Crippen LogP contribution >= 0.6 is 0 Å². The Balaban J connectivity index is 2.94. The normalized spacial score (nSPS) is 10.2. The first-order valence-corrected chi connectivity index (χ1v) is 6.14. The molecule has 0 bridgehead atoms. The van der Waals surface area contributed by atoms with Gasteiger partial charge in [0.1, 0.15) is 11.5 Å². The van der Waals surface area contributed by atoms with Gasteiger partial charge in [-0.05, 0) is 18.1 Å². The first-order chi connectivity index (χ1) is 8.95. The minimum atomic E-state index is -0.332. The number of aromatic hydroxyl groups is 2. The first kappa shape index (κ1) is 14.8. The van der Waals surface area contributed by atoms with E-state index in [2.05, 4.69) is 0 Å². The number of carbonyl (C=O) groups excluding carboxylic acids is 1. The molecule has 0 aromatic heterocycles. The number of hydrogen-bond donors (Lipinski definition) is 2. The van der Waals surface area contributed by atoms with Gasteiger partial charge in [0.2, 0.25) is 0 Å². The lowest BCUT2D eigenvalue weighted by molar-refractivity contribution is 0.0737. The second-order valence-electron chi connectivity index (χ2n) is 4.75. The third-order valence-electron chi connectivity index (χ3n) is 2.58. The highest BCUT2D eigenvalue weighted by molar-refractivity contribution is 5.97. The Labute approximate surface area is 112 Å². The number of nitrogens with zero attached hydrogens (tertiary/aromatic N) is 2. The van der Waals surface area contributed by atoms with Gasteiger partial charge in [-0.15, -0.1) is 0 Å². The molecule has 0 aliphatic heterocycles. The van der Waals surface area contributed by atoms with E-state index in [1.54, 1.807) is 4.90 Å². The molecule has 2 N–H and O–H groups in total. The number of benzene rings is 1. The molecule has 1 rings (SSSR count). The first-order valence-electron chi connectivity index (χ1n) is 6.14. The average Bonchev–Trinajstić information content (AvgIpc) is 2.33. The quantitative estimate of drug-likeness (QED) is 0.851. The smallest absolute Gasteiger partial charge is 0.257 e. The SMILES string of the molecule is CC(C)CN(CCC#N)C(=O)c1ccc(O)cc1O. The molecule has 0 saturated heterocycles. The average molecular weight is 262 g/mol. The van der Waals surface area contributed by atoms with Gasteiger partial charge in [0.15, 0.2) is 0 Å². The molecule has 0 heterocycles. The number of hydrogen-bond acceptors (Lipinski definition) is 4. The summed E-state index contributed by atoms with van der Waals surface area (Å²) < 4.78 is 0. The van der Waals surface area contributed by atoms with Gasteiger partial charge in [-0.1, -0.05) is 13.8 Å². The van der Waals surface area contributed by atoms with Crippen LogP contribution in [0, 0.1) is 17.2 Å². The molecule has 1 amide bonds. The Morgan fingerprint density at radius 3 is 2.63 bits per heavy atom. The summed E-state index contributed by atoms with van der Waals surface area (Å²) in [5.74, 6) is -0.416. The van der Waals surface area contributed by atoms with Gasteiger partial charge in [-0.2, -0.15) is 5.26 Å². The second kappa shape index (κ2) is 6.64. The summed E-state index contributed by atoms with van der Waals surface area (Å²) in [7, 11) is 0. The van der Waals surface area contributed by atoms with Crippen molar-refractivity contribution < 1.29 is 15.0 Å². The third-order valence-corrected chi connectivity index (χ3v) is 2.58. The zero-order valence-corrected chi connectivity index (χ0v) is 11.1. The highest BCUT2D eigenvalue weighted by atomic mass is 16.3. The number of carbonyl (C=O) groups is 1. The van der Waals surface area contributed by atoms with Crippen molar-refractivity contribution in [2.75, 3.05) is 13.1 Å². The maximum atomic E-state index is 12.3. The van der Waals surface area contributed by atoms with Gasteiger partial charge in [-0.3, -0.25) is 4.79 Å². The fourth-order valence-corrected chi connectivity index (χ4v) is 1.77. The summed E-state index contributed by atoms with van der Waals surface area (Å²) >= 11 is 0. The number of rotatable bonds is 5. The van der Waals surface area contributed by atoms with Crippen LogP contribution < -0.4 is 0 Å². The minimum Gasteiger partial charge on any atom is -0.508 e. The Bertz CT molecular complexity index is 492. The summed E-state index contributed by atoms with van der Waals surface area (Å²) in [5, 5.41) is 27.5. The fourth-order valence-electron chi connectivity index (χ4n) is 1.77. The molecule has 0 spiro atoms. The lowest BCUT2D eigenvalue weighted by atomic mass is 10.1. The van der Waals surface area contributed by atoms with E-state index < -0.39 is 0 Å². The summed E-state index contributed by atoms with van der Waals surface area (Å²) in [6, 6.07) is 5.87. The van der Waals surface area contributed by atoms with Crippen molar-refractivity contribution in [3.63, 3.8) is 0 Å². The van der Waals surface area contributed by atoms with Crippen LogP contribution in [0.5, 0.6) is 11.5 Å². The summed E-state index contributed by atoms with van der Waals surface area (Å²) in [5.41, 5.74) is 0.136. The van der Waals surface area contributed by atoms with Crippen LogP contribution in [-0.2, 0) is 0 Å². The van der Waals surface area contributed by atoms with Gasteiger partial charge in [0.25, 0.3) is 5.91 Å². The maximum absolute atomic E-state index is 12.3. The van der Waals surface area contributed by atoms with Crippen molar-refractivity contribution >= 4 is 5.91 Å². The van der Waals surface area contributed by atoms with E-state index in [0.29, 0.717) is 13.1 Å². The van der Waals surface area contributed by atoms with E-state index in [9.17, 15) is 15.0 Å². The predicted molar refractivity (Wildman–Crippen MR) is 70.7 cm³/mol. The molecular weight excluding hydrogens is 244 g/mol. The molecule has 1 aromatic rings. The van der Waals surface area contributed by atoms with Crippen LogP contribution in [0.2, 0.25) is 0 Å². The number of nitriles is 1. The van der Waals surface area contributed by atoms with Crippen molar-refractivity contribution in [2.45, 2.75) is 20.3 Å². The molecule has 0 saturated carbocycles. The summed E-state index contributed by atoms with van der Waals surface area (Å²) in [6.07, 6.45) is 0.247. The highest BCUT2D eigenvalue weighted by Crippen LogP contribution is 2.24. The number of amides is 1. The van der Waals surface area contributed by atoms with Crippen molar-refractivity contribution in [1.29, 1.82) is 5.26 Å². The standard InChI is InChI=1S/C14H18N2O3/c1-10(2)9-16(7-3-6-15)14(19)12-5-4-11(17)8-13(12)18/h4-5,8,10,17-18H,3,7,9H2,1-2H3. The van der Waals surface area contributed by atoms with Gasteiger partial charge in [0, 0.05) is 19.2 Å². The molecule has 102 valence electrons. The van der Waals surface area contributed by atoms with Gasteiger partial charge in [-0.25, -0.2) is 0 Å². The van der Waals surface area contributed by atoms with E-state index >= 15 is 0 Å². The van der Waals surface area contributed by atoms with Gasteiger partial charge < -0.3 is 15.1 Å².